The third kappa shape index (κ3) is 1.47. The fourth-order valence-corrected chi connectivity index (χ4v) is 2.07. The van der Waals surface area contributed by atoms with Crippen molar-refractivity contribution < 1.29 is 0 Å². The van der Waals surface area contributed by atoms with E-state index in [9.17, 15) is 0 Å². The number of aromatic nitrogens is 3. The fourth-order valence-electron chi connectivity index (χ4n) is 1.17. The van der Waals surface area contributed by atoms with E-state index in [1.165, 1.54) is 0 Å². The summed E-state index contributed by atoms with van der Waals surface area (Å²) in [5.74, 6) is 3.42. The standard InChI is InChI=1S/C6H11N5S/c7-5-8-6(10-9-5)11-1-3-12-4-2-11/h1-4H2,(H3,7,8,9,10). The number of anilines is 2. The van der Waals surface area contributed by atoms with Gasteiger partial charge < -0.3 is 10.6 Å². The van der Waals surface area contributed by atoms with Crippen molar-refractivity contribution in [3.63, 3.8) is 0 Å². The predicted octanol–water partition coefficient (Wildman–Crippen LogP) is -0.0599. The summed E-state index contributed by atoms with van der Waals surface area (Å²) in [6, 6.07) is 0. The summed E-state index contributed by atoms with van der Waals surface area (Å²) in [5, 5.41) is 6.63. The molecule has 0 aliphatic carbocycles. The minimum absolute atomic E-state index is 0.392. The van der Waals surface area contributed by atoms with Gasteiger partial charge in [0.05, 0.1) is 0 Å². The number of nitrogens with two attached hydrogens (primary N) is 1. The molecule has 66 valence electrons. The SMILES string of the molecule is Nc1nc(N2CCSCC2)n[nH]1. The van der Waals surface area contributed by atoms with Gasteiger partial charge in [-0.3, -0.25) is 0 Å². The van der Waals surface area contributed by atoms with E-state index in [0.717, 1.165) is 30.5 Å². The maximum Gasteiger partial charge on any atom is 0.246 e. The number of aromatic amines is 1. The normalized spacial score (nSPS) is 18.2. The van der Waals surface area contributed by atoms with E-state index in [4.69, 9.17) is 5.73 Å². The Balaban J connectivity index is 2.08. The molecule has 1 fully saturated rings. The lowest BCUT2D eigenvalue weighted by atomic mass is 10.5. The van der Waals surface area contributed by atoms with Crippen LogP contribution in [0, 0.1) is 0 Å². The molecule has 2 heterocycles. The first-order chi connectivity index (χ1) is 5.86. The first-order valence-corrected chi connectivity index (χ1v) is 5.02. The number of nitrogens with one attached hydrogen (secondary N) is 1. The Morgan fingerprint density at radius 1 is 1.42 bits per heavy atom. The molecule has 0 unspecified atom stereocenters. The third-order valence-electron chi connectivity index (χ3n) is 1.78. The van der Waals surface area contributed by atoms with Gasteiger partial charge in [0, 0.05) is 24.6 Å². The maximum atomic E-state index is 5.42. The molecule has 0 bridgehead atoms. The van der Waals surface area contributed by atoms with Gasteiger partial charge in [0.25, 0.3) is 0 Å². The largest absolute Gasteiger partial charge is 0.368 e. The Labute approximate surface area is 74.7 Å². The Bertz CT molecular complexity index is 254. The molecule has 0 amide bonds. The lowest BCUT2D eigenvalue weighted by Gasteiger charge is -2.24. The molecular formula is C6H11N5S. The van der Waals surface area contributed by atoms with E-state index in [0.29, 0.717) is 5.95 Å². The fraction of sp³-hybridized carbons (Fsp3) is 0.667. The van der Waals surface area contributed by atoms with Crippen molar-refractivity contribution in [2.45, 2.75) is 0 Å². The van der Waals surface area contributed by atoms with Crippen molar-refractivity contribution in [3.05, 3.63) is 0 Å². The summed E-state index contributed by atoms with van der Waals surface area (Å²) in [5.41, 5.74) is 5.42. The van der Waals surface area contributed by atoms with E-state index < -0.39 is 0 Å². The molecule has 1 saturated heterocycles. The summed E-state index contributed by atoms with van der Waals surface area (Å²) >= 11 is 1.96. The number of thioether (sulfide) groups is 1. The van der Waals surface area contributed by atoms with Crippen molar-refractivity contribution >= 4 is 23.7 Å². The van der Waals surface area contributed by atoms with Gasteiger partial charge in [-0.15, -0.1) is 5.10 Å². The van der Waals surface area contributed by atoms with Crippen LogP contribution in [0.15, 0.2) is 0 Å². The predicted molar refractivity (Wildman–Crippen MR) is 50.3 cm³/mol. The summed E-state index contributed by atoms with van der Waals surface area (Å²) < 4.78 is 0. The summed E-state index contributed by atoms with van der Waals surface area (Å²) in [6.07, 6.45) is 0. The van der Waals surface area contributed by atoms with Gasteiger partial charge >= 0.3 is 0 Å². The second kappa shape index (κ2) is 3.22. The number of nitrogens with zero attached hydrogens (tertiary/aromatic N) is 3. The van der Waals surface area contributed by atoms with Crippen molar-refractivity contribution in [1.29, 1.82) is 0 Å². The zero-order valence-corrected chi connectivity index (χ0v) is 7.47. The van der Waals surface area contributed by atoms with Gasteiger partial charge in [-0.2, -0.15) is 16.7 Å². The Morgan fingerprint density at radius 3 is 2.75 bits per heavy atom. The molecule has 0 saturated carbocycles. The summed E-state index contributed by atoms with van der Waals surface area (Å²) in [6.45, 7) is 2.03. The molecule has 0 spiro atoms. The summed E-state index contributed by atoms with van der Waals surface area (Å²) in [4.78, 5) is 6.20. The van der Waals surface area contributed by atoms with E-state index in [-0.39, 0.29) is 0 Å². The van der Waals surface area contributed by atoms with E-state index in [2.05, 4.69) is 20.1 Å². The molecule has 5 nitrogen and oxygen atoms in total. The minimum atomic E-state index is 0.392. The van der Waals surface area contributed by atoms with E-state index in [1.807, 2.05) is 11.8 Å². The second-order valence-electron chi connectivity index (χ2n) is 2.62. The lowest BCUT2D eigenvalue weighted by molar-refractivity contribution is 0.819. The molecule has 0 radical (unpaired) electrons. The van der Waals surface area contributed by atoms with Crippen LogP contribution in [-0.2, 0) is 0 Å². The van der Waals surface area contributed by atoms with Crippen LogP contribution in [-0.4, -0.2) is 39.8 Å². The highest BCUT2D eigenvalue weighted by Crippen LogP contribution is 2.14. The second-order valence-corrected chi connectivity index (χ2v) is 3.84. The van der Waals surface area contributed by atoms with Gasteiger partial charge in [0.1, 0.15) is 0 Å². The Kier molecular flexibility index (Phi) is 2.07. The minimum Gasteiger partial charge on any atom is -0.368 e. The van der Waals surface area contributed by atoms with E-state index in [1.54, 1.807) is 0 Å². The number of nitrogen functional groups attached to an aromatic ring is 1. The summed E-state index contributed by atoms with van der Waals surface area (Å²) in [7, 11) is 0. The Hall–Kier alpha value is -0.910. The van der Waals surface area contributed by atoms with Gasteiger partial charge in [-0.1, -0.05) is 0 Å². The highest BCUT2D eigenvalue weighted by molar-refractivity contribution is 7.99. The average molecular weight is 185 g/mol. The molecule has 1 aromatic rings. The number of rotatable bonds is 1. The van der Waals surface area contributed by atoms with Crippen molar-refractivity contribution in [3.8, 4) is 0 Å². The van der Waals surface area contributed by atoms with Crippen LogP contribution >= 0.6 is 11.8 Å². The Morgan fingerprint density at radius 2 is 2.17 bits per heavy atom. The monoisotopic (exact) mass is 185 g/mol. The molecule has 0 aromatic carbocycles. The topological polar surface area (TPSA) is 70.8 Å². The number of H-pyrrole nitrogens is 1. The zero-order chi connectivity index (χ0) is 8.39. The van der Waals surface area contributed by atoms with Crippen LogP contribution in [0.3, 0.4) is 0 Å². The van der Waals surface area contributed by atoms with Crippen LogP contribution in [0.4, 0.5) is 11.9 Å². The zero-order valence-electron chi connectivity index (χ0n) is 6.66. The quantitative estimate of drug-likeness (QED) is 0.641. The van der Waals surface area contributed by atoms with Gasteiger partial charge in [-0.25, -0.2) is 5.10 Å². The first-order valence-electron chi connectivity index (χ1n) is 3.87. The lowest BCUT2D eigenvalue weighted by Crippen LogP contribution is -2.33. The molecule has 3 N–H and O–H groups in total. The van der Waals surface area contributed by atoms with Crippen molar-refractivity contribution in [2.75, 3.05) is 35.2 Å². The molecule has 1 aromatic heterocycles. The van der Waals surface area contributed by atoms with Crippen LogP contribution in [0.2, 0.25) is 0 Å². The van der Waals surface area contributed by atoms with Crippen LogP contribution < -0.4 is 10.6 Å². The molecule has 1 aliphatic heterocycles. The van der Waals surface area contributed by atoms with Gasteiger partial charge in [-0.05, 0) is 0 Å². The molecule has 1 aliphatic rings. The van der Waals surface area contributed by atoms with Crippen molar-refractivity contribution in [2.24, 2.45) is 0 Å². The highest BCUT2D eigenvalue weighted by Gasteiger charge is 2.14. The molecule has 0 atom stereocenters. The third-order valence-corrected chi connectivity index (χ3v) is 2.73. The van der Waals surface area contributed by atoms with Gasteiger partial charge in [0.15, 0.2) is 0 Å². The van der Waals surface area contributed by atoms with Crippen LogP contribution in [0.25, 0.3) is 0 Å². The van der Waals surface area contributed by atoms with Crippen LogP contribution in [0.5, 0.6) is 0 Å². The van der Waals surface area contributed by atoms with Gasteiger partial charge in [0.2, 0.25) is 11.9 Å². The number of hydrogen-bond acceptors (Lipinski definition) is 5. The van der Waals surface area contributed by atoms with Crippen molar-refractivity contribution in [1.82, 2.24) is 15.2 Å². The molecule has 12 heavy (non-hydrogen) atoms. The number of hydrogen-bond donors (Lipinski definition) is 2. The van der Waals surface area contributed by atoms with Crippen LogP contribution in [0.1, 0.15) is 0 Å². The molecule has 2 rings (SSSR count). The smallest absolute Gasteiger partial charge is 0.246 e. The first kappa shape index (κ1) is 7.72. The average Bonchev–Trinajstić information content (AvgIpc) is 2.54. The highest BCUT2D eigenvalue weighted by atomic mass is 32.2. The maximum absolute atomic E-state index is 5.42. The molecular weight excluding hydrogens is 174 g/mol. The molecule has 6 heteroatoms. The van der Waals surface area contributed by atoms with E-state index >= 15 is 0 Å².